The summed E-state index contributed by atoms with van der Waals surface area (Å²) >= 11 is 5.85. The molecule has 0 saturated heterocycles. The number of benzene rings is 1. The van der Waals surface area contributed by atoms with Crippen molar-refractivity contribution < 1.29 is 14.7 Å². The number of nitrogens with one attached hydrogen (secondary N) is 1. The number of hydrogen-bond donors (Lipinski definition) is 2. The van der Waals surface area contributed by atoms with E-state index in [2.05, 4.69) is 5.32 Å². The van der Waals surface area contributed by atoms with Gasteiger partial charge in [0.05, 0.1) is 23.7 Å². The van der Waals surface area contributed by atoms with Gasteiger partial charge in [0.1, 0.15) is 6.07 Å². The first kappa shape index (κ1) is 16.0. The zero-order valence-electron chi connectivity index (χ0n) is 10.9. The van der Waals surface area contributed by atoms with E-state index < -0.39 is 5.97 Å². The van der Waals surface area contributed by atoms with Crippen LogP contribution in [0.15, 0.2) is 18.2 Å². The third-order valence-electron chi connectivity index (χ3n) is 2.55. The summed E-state index contributed by atoms with van der Waals surface area (Å²) in [6.45, 7) is 2.00. The normalized spacial score (nSPS) is 10.1. The van der Waals surface area contributed by atoms with Crippen molar-refractivity contribution in [3.8, 4) is 6.07 Å². The lowest BCUT2D eigenvalue weighted by Crippen LogP contribution is -2.36. The molecule has 106 valence electrons. The molecule has 0 atom stereocenters. The van der Waals surface area contributed by atoms with Gasteiger partial charge in [-0.3, -0.25) is 14.5 Å². The van der Waals surface area contributed by atoms with Gasteiger partial charge in [-0.15, -0.1) is 0 Å². The van der Waals surface area contributed by atoms with Crippen LogP contribution in [0.2, 0.25) is 5.02 Å². The summed E-state index contributed by atoms with van der Waals surface area (Å²) in [5.41, 5.74) is 0.788. The number of anilines is 1. The SMILES string of the molecule is CCN(CC(=O)O)CC(=O)Nc1ccc(C#N)c(Cl)c1. The minimum absolute atomic E-state index is 0.0274. The molecule has 0 aromatic heterocycles. The average Bonchev–Trinajstić information content (AvgIpc) is 2.37. The molecule has 0 spiro atoms. The highest BCUT2D eigenvalue weighted by molar-refractivity contribution is 6.32. The second-order valence-electron chi connectivity index (χ2n) is 4.05. The van der Waals surface area contributed by atoms with Crippen molar-refractivity contribution in [3.05, 3.63) is 28.8 Å². The van der Waals surface area contributed by atoms with Gasteiger partial charge in [0, 0.05) is 5.69 Å². The Labute approximate surface area is 121 Å². The summed E-state index contributed by atoms with van der Waals surface area (Å²) in [4.78, 5) is 23.9. The summed E-state index contributed by atoms with van der Waals surface area (Å²) in [5, 5.41) is 20.3. The van der Waals surface area contributed by atoms with Gasteiger partial charge in [-0.2, -0.15) is 5.26 Å². The van der Waals surface area contributed by atoms with Gasteiger partial charge in [0.15, 0.2) is 0 Å². The molecular formula is C13H14ClN3O3. The molecule has 0 saturated carbocycles. The van der Waals surface area contributed by atoms with Crippen LogP contribution in [0.5, 0.6) is 0 Å². The molecule has 0 heterocycles. The van der Waals surface area contributed by atoms with Gasteiger partial charge in [0.25, 0.3) is 0 Å². The standard InChI is InChI=1S/C13H14ClN3O3/c1-2-17(8-13(19)20)7-12(18)16-10-4-3-9(6-15)11(14)5-10/h3-5H,2,7-8H2,1H3,(H,16,18)(H,19,20). The first-order valence-corrected chi connectivity index (χ1v) is 6.27. The Morgan fingerprint density at radius 2 is 2.15 bits per heavy atom. The van der Waals surface area contributed by atoms with Crippen LogP contribution in [-0.4, -0.2) is 41.5 Å². The van der Waals surface area contributed by atoms with Crippen molar-refractivity contribution in [3.63, 3.8) is 0 Å². The van der Waals surface area contributed by atoms with Gasteiger partial charge < -0.3 is 10.4 Å². The summed E-state index contributed by atoms with van der Waals surface area (Å²) in [6, 6.07) is 6.47. The van der Waals surface area contributed by atoms with Crippen molar-refractivity contribution in [2.24, 2.45) is 0 Å². The summed E-state index contributed by atoms with van der Waals surface area (Å²) in [5.74, 6) is -1.32. The maximum absolute atomic E-state index is 11.8. The number of amides is 1. The minimum atomic E-state index is -0.985. The predicted molar refractivity (Wildman–Crippen MR) is 74.5 cm³/mol. The number of carboxylic acid groups (broad SMARTS) is 1. The van der Waals surface area contributed by atoms with Gasteiger partial charge in [-0.1, -0.05) is 18.5 Å². The lowest BCUT2D eigenvalue weighted by molar-refractivity contribution is -0.138. The molecule has 1 amide bonds. The van der Waals surface area contributed by atoms with Crippen LogP contribution in [0, 0.1) is 11.3 Å². The minimum Gasteiger partial charge on any atom is -0.480 e. The molecule has 2 N–H and O–H groups in total. The molecule has 1 aromatic rings. The Kier molecular flexibility index (Phi) is 5.97. The maximum Gasteiger partial charge on any atom is 0.317 e. The Morgan fingerprint density at radius 3 is 2.65 bits per heavy atom. The highest BCUT2D eigenvalue weighted by Crippen LogP contribution is 2.20. The van der Waals surface area contributed by atoms with Crippen LogP contribution in [-0.2, 0) is 9.59 Å². The first-order chi connectivity index (χ1) is 9.46. The number of nitriles is 1. The van der Waals surface area contributed by atoms with E-state index in [-0.39, 0.29) is 24.0 Å². The molecule has 0 aliphatic carbocycles. The summed E-state index contributed by atoms with van der Waals surface area (Å²) in [7, 11) is 0. The molecule has 0 aliphatic heterocycles. The quantitative estimate of drug-likeness (QED) is 0.830. The average molecular weight is 296 g/mol. The topological polar surface area (TPSA) is 93.4 Å². The number of carbonyl (C=O) groups is 2. The van der Waals surface area contributed by atoms with E-state index >= 15 is 0 Å². The van der Waals surface area contributed by atoms with Crippen LogP contribution in [0.25, 0.3) is 0 Å². The van der Waals surface area contributed by atoms with E-state index in [1.807, 2.05) is 6.07 Å². The molecule has 0 fully saturated rings. The van der Waals surface area contributed by atoms with Crippen molar-refractivity contribution in [2.75, 3.05) is 25.0 Å². The molecular weight excluding hydrogens is 282 g/mol. The molecule has 0 radical (unpaired) electrons. The van der Waals surface area contributed by atoms with Crippen molar-refractivity contribution in [1.29, 1.82) is 5.26 Å². The highest BCUT2D eigenvalue weighted by atomic mass is 35.5. The molecule has 1 aromatic carbocycles. The maximum atomic E-state index is 11.8. The number of aliphatic carboxylic acids is 1. The van der Waals surface area contributed by atoms with Crippen LogP contribution in [0.4, 0.5) is 5.69 Å². The zero-order chi connectivity index (χ0) is 15.1. The number of rotatable bonds is 6. The third kappa shape index (κ3) is 4.88. The fraction of sp³-hybridized carbons (Fsp3) is 0.308. The number of halogens is 1. The van der Waals surface area contributed by atoms with E-state index in [4.69, 9.17) is 22.0 Å². The molecule has 20 heavy (non-hydrogen) atoms. The van der Waals surface area contributed by atoms with Crippen LogP contribution in [0.1, 0.15) is 12.5 Å². The lowest BCUT2D eigenvalue weighted by atomic mass is 10.2. The number of nitrogens with zero attached hydrogens (tertiary/aromatic N) is 2. The molecule has 0 aliphatic rings. The molecule has 6 nitrogen and oxygen atoms in total. The van der Waals surface area contributed by atoms with Gasteiger partial charge >= 0.3 is 5.97 Å². The second-order valence-corrected chi connectivity index (χ2v) is 4.46. The number of carboxylic acids is 1. The number of likely N-dealkylation sites (N-methyl/N-ethyl adjacent to an activating group) is 1. The summed E-state index contributed by atoms with van der Waals surface area (Å²) in [6.07, 6.45) is 0. The van der Waals surface area contributed by atoms with Crippen LogP contribution < -0.4 is 5.32 Å². The third-order valence-corrected chi connectivity index (χ3v) is 2.86. The van der Waals surface area contributed by atoms with E-state index in [1.165, 1.54) is 17.0 Å². The smallest absolute Gasteiger partial charge is 0.317 e. The Hall–Kier alpha value is -2.10. The Balaban J connectivity index is 2.64. The summed E-state index contributed by atoms with van der Waals surface area (Å²) < 4.78 is 0. The molecule has 7 heteroatoms. The second kappa shape index (κ2) is 7.48. The van der Waals surface area contributed by atoms with Gasteiger partial charge in [-0.05, 0) is 24.7 Å². The van der Waals surface area contributed by atoms with Crippen molar-refractivity contribution in [1.82, 2.24) is 4.90 Å². The number of hydrogen-bond acceptors (Lipinski definition) is 4. The van der Waals surface area contributed by atoms with E-state index in [0.29, 0.717) is 17.8 Å². The number of carbonyl (C=O) groups excluding carboxylic acids is 1. The van der Waals surface area contributed by atoms with E-state index in [0.717, 1.165) is 0 Å². The first-order valence-electron chi connectivity index (χ1n) is 5.90. The van der Waals surface area contributed by atoms with E-state index in [1.54, 1.807) is 13.0 Å². The zero-order valence-corrected chi connectivity index (χ0v) is 11.6. The fourth-order valence-electron chi connectivity index (χ4n) is 1.56. The van der Waals surface area contributed by atoms with Crippen LogP contribution in [0.3, 0.4) is 0 Å². The highest BCUT2D eigenvalue weighted by Gasteiger charge is 2.12. The monoisotopic (exact) mass is 295 g/mol. The predicted octanol–water partition coefficient (Wildman–Crippen LogP) is 1.56. The van der Waals surface area contributed by atoms with Gasteiger partial charge in [0.2, 0.25) is 5.91 Å². The molecule has 0 bridgehead atoms. The Morgan fingerprint density at radius 1 is 1.45 bits per heavy atom. The molecule has 0 unspecified atom stereocenters. The lowest BCUT2D eigenvalue weighted by Gasteiger charge is -2.17. The fourth-order valence-corrected chi connectivity index (χ4v) is 1.78. The van der Waals surface area contributed by atoms with Crippen molar-refractivity contribution in [2.45, 2.75) is 6.92 Å². The largest absolute Gasteiger partial charge is 0.480 e. The van der Waals surface area contributed by atoms with Crippen molar-refractivity contribution >= 4 is 29.2 Å². The van der Waals surface area contributed by atoms with Crippen LogP contribution >= 0.6 is 11.6 Å². The molecule has 1 rings (SSSR count). The van der Waals surface area contributed by atoms with Gasteiger partial charge in [-0.25, -0.2) is 0 Å². The van der Waals surface area contributed by atoms with E-state index in [9.17, 15) is 9.59 Å². The Bertz CT molecular complexity index is 554.